The van der Waals surface area contributed by atoms with Crippen LogP contribution in [-0.4, -0.2) is 24.6 Å². The monoisotopic (exact) mass is 295 g/mol. The minimum atomic E-state index is 0.653. The number of halogens is 1. The molecule has 0 amide bonds. The first-order valence-electron chi connectivity index (χ1n) is 7.77. The number of nitrogens with one attached hydrogen (secondary N) is 1. The summed E-state index contributed by atoms with van der Waals surface area (Å²) in [6, 6.07) is 2.15. The van der Waals surface area contributed by atoms with Crippen LogP contribution < -0.4 is 10.2 Å². The van der Waals surface area contributed by atoms with Crippen molar-refractivity contribution in [2.45, 2.75) is 46.1 Å². The summed E-state index contributed by atoms with van der Waals surface area (Å²) in [7, 11) is 0. The second kappa shape index (κ2) is 7.84. The van der Waals surface area contributed by atoms with Gasteiger partial charge in [0, 0.05) is 25.8 Å². The minimum Gasteiger partial charge on any atom is -0.357 e. The van der Waals surface area contributed by atoms with E-state index in [4.69, 9.17) is 11.6 Å². The first-order chi connectivity index (χ1) is 9.66. The fourth-order valence-electron chi connectivity index (χ4n) is 2.57. The predicted molar refractivity (Wildman–Crippen MR) is 86.5 cm³/mol. The smallest absolute Gasteiger partial charge is 0.128 e. The molecule has 3 nitrogen and oxygen atoms in total. The van der Waals surface area contributed by atoms with Crippen molar-refractivity contribution in [2.75, 3.05) is 24.5 Å². The lowest BCUT2D eigenvalue weighted by Crippen LogP contribution is -2.25. The summed E-state index contributed by atoms with van der Waals surface area (Å²) in [6.45, 7) is 8.49. The molecule has 0 saturated carbocycles. The molecule has 1 aliphatic heterocycles. The lowest BCUT2D eigenvalue weighted by Gasteiger charge is -2.22. The zero-order valence-corrected chi connectivity index (χ0v) is 13.4. The molecule has 1 aromatic rings. The molecular weight excluding hydrogens is 270 g/mol. The third-order valence-electron chi connectivity index (χ3n) is 3.72. The zero-order valence-electron chi connectivity index (χ0n) is 12.7. The van der Waals surface area contributed by atoms with Crippen LogP contribution in [0.4, 0.5) is 5.82 Å². The SMILES string of the molecule is CC(C)CNCc1cc(N2CCCCCC2)ncc1Cl. The van der Waals surface area contributed by atoms with Crippen LogP contribution in [0.2, 0.25) is 5.02 Å². The van der Waals surface area contributed by atoms with Gasteiger partial charge >= 0.3 is 0 Å². The molecule has 1 N–H and O–H groups in total. The number of pyridine rings is 1. The van der Waals surface area contributed by atoms with Gasteiger partial charge in [0.15, 0.2) is 0 Å². The second-order valence-electron chi connectivity index (χ2n) is 6.06. The van der Waals surface area contributed by atoms with Crippen LogP contribution >= 0.6 is 11.6 Å². The molecule has 20 heavy (non-hydrogen) atoms. The minimum absolute atomic E-state index is 0.653. The van der Waals surface area contributed by atoms with Gasteiger partial charge in [-0.2, -0.15) is 0 Å². The van der Waals surface area contributed by atoms with Crippen LogP contribution in [0.3, 0.4) is 0 Å². The molecular formula is C16H26ClN3. The van der Waals surface area contributed by atoms with E-state index in [-0.39, 0.29) is 0 Å². The average Bonchev–Trinajstić information content (AvgIpc) is 2.69. The van der Waals surface area contributed by atoms with Crippen LogP contribution in [-0.2, 0) is 6.54 Å². The Labute approximate surface area is 127 Å². The fourth-order valence-corrected chi connectivity index (χ4v) is 2.74. The summed E-state index contributed by atoms with van der Waals surface area (Å²) >= 11 is 6.26. The second-order valence-corrected chi connectivity index (χ2v) is 6.47. The van der Waals surface area contributed by atoms with E-state index in [0.717, 1.165) is 42.6 Å². The van der Waals surface area contributed by atoms with Crippen LogP contribution in [0, 0.1) is 5.92 Å². The molecule has 0 spiro atoms. The third-order valence-corrected chi connectivity index (χ3v) is 4.06. The van der Waals surface area contributed by atoms with E-state index in [1.807, 2.05) is 0 Å². The van der Waals surface area contributed by atoms with Gasteiger partial charge in [-0.15, -0.1) is 0 Å². The van der Waals surface area contributed by atoms with Crippen molar-refractivity contribution in [3.8, 4) is 0 Å². The molecule has 1 aromatic heterocycles. The molecule has 1 aliphatic rings. The molecule has 0 radical (unpaired) electrons. The molecule has 4 heteroatoms. The topological polar surface area (TPSA) is 28.2 Å². The Kier molecular flexibility index (Phi) is 6.11. The van der Waals surface area contributed by atoms with Crippen molar-refractivity contribution in [3.63, 3.8) is 0 Å². The fraction of sp³-hybridized carbons (Fsp3) is 0.688. The highest BCUT2D eigenvalue weighted by Gasteiger charge is 2.12. The quantitative estimate of drug-likeness (QED) is 0.894. The highest BCUT2D eigenvalue weighted by atomic mass is 35.5. The van der Waals surface area contributed by atoms with E-state index in [1.165, 1.54) is 25.7 Å². The summed E-state index contributed by atoms with van der Waals surface area (Å²) < 4.78 is 0. The molecule has 1 saturated heterocycles. The van der Waals surface area contributed by atoms with Crippen LogP contribution in [0.15, 0.2) is 12.3 Å². The maximum Gasteiger partial charge on any atom is 0.128 e. The maximum absolute atomic E-state index is 6.26. The number of rotatable bonds is 5. The lowest BCUT2D eigenvalue weighted by molar-refractivity contribution is 0.552. The van der Waals surface area contributed by atoms with E-state index in [1.54, 1.807) is 6.20 Å². The lowest BCUT2D eigenvalue weighted by atomic mass is 10.2. The highest BCUT2D eigenvalue weighted by molar-refractivity contribution is 6.31. The Morgan fingerprint density at radius 2 is 1.95 bits per heavy atom. The average molecular weight is 296 g/mol. The molecule has 0 bridgehead atoms. The van der Waals surface area contributed by atoms with Gasteiger partial charge in [0.25, 0.3) is 0 Å². The van der Waals surface area contributed by atoms with Gasteiger partial charge in [-0.3, -0.25) is 0 Å². The van der Waals surface area contributed by atoms with Crippen LogP contribution in [0.25, 0.3) is 0 Å². The normalized spacial score (nSPS) is 16.5. The Balaban J connectivity index is 2.02. The van der Waals surface area contributed by atoms with E-state index < -0.39 is 0 Å². The summed E-state index contributed by atoms with van der Waals surface area (Å²) in [5.41, 5.74) is 1.15. The maximum atomic E-state index is 6.26. The van der Waals surface area contributed by atoms with Gasteiger partial charge in [0.05, 0.1) is 5.02 Å². The first-order valence-corrected chi connectivity index (χ1v) is 8.14. The molecule has 0 aliphatic carbocycles. The molecule has 2 rings (SSSR count). The van der Waals surface area contributed by atoms with Crippen LogP contribution in [0.1, 0.15) is 45.1 Å². The number of hydrogen-bond donors (Lipinski definition) is 1. The van der Waals surface area contributed by atoms with Gasteiger partial charge in [-0.1, -0.05) is 38.3 Å². The van der Waals surface area contributed by atoms with Crippen molar-refractivity contribution < 1.29 is 0 Å². The van der Waals surface area contributed by atoms with Gasteiger partial charge < -0.3 is 10.2 Å². The highest BCUT2D eigenvalue weighted by Crippen LogP contribution is 2.22. The number of hydrogen-bond acceptors (Lipinski definition) is 3. The van der Waals surface area contributed by atoms with Gasteiger partial charge in [0.1, 0.15) is 5.82 Å². The number of anilines is 1. The van der Waals surface area contributed by atoms with Crippen molar-refractivity contribution in [1.29, 1.82) is 0 Å². The van der Waals surface area contributed by atoms with Gasteiger partial charge in [-0.25, -0.2) is 4.98 Å². The zero-order chi connectivity index (χ0) is 14.4. The Hall–Kier alpha value is -0.800. The standard InChI is InChI=1S/C16H26ClN3/c1-13(2)10-18-11-14-9-16(19-12-15(14)17)20-7-5-3-4-6-8-20/h9,12-13,18H,3-8,10-11H2,1-2H3. The molecule has 2 heterocycles. The van der Waals surface area contributed by atoms with Crippen molar-refractivity contribution in [3.05, 3.63) is 22.8 Å². The van der Waals surface area contributed by atoms with Crippen LogP contribution in [0.5, 0.6) is 0 Å². The Morgan fingerprint density at radius 3 is 2.60 bits per heavy atom. The summed E-state index contributed by atoms with van der Waals surface area (Å²) in [6.07, 6.45) is 7.02. The number of nitrogens with zero attached hydrogens (tertiary/aromatic N) is 2. The van der Waals surface area contributed by atoms with E-state index in [0.29, 0.717) is 5.92 Å². The molecule has 0 unspecified atom stereocenters. The van der Waals surface area contributed by atoms with Crippen molar-refractivity contribution in [1.82, 2.24) is 10.3 Å². The van der Waals surface area contributed by atoms with E-state index >= 15 is 0 Å². The molecule has 112 valence electrons. The molecule has 0 aromatic carbocycles. The summed E-state index contributed by atoms with van der Waals surface area (Å²) in [5, 5.41) is 4.22. The van der Waals surface area contributed by atoms with E-state index in [2.05, 4.69) is 35.1 Å². The molecule has 1 fully saturated rings. The molecule has 0 atom stereocenters. The van der Waals surface area contributed by atoms with Gasteiger partial charge in [-0.05, 0) is 36.9 Å². The van der Waals surface area contributed by atoms with Crippen molar-refractivity contribution >= 4 is 17.4 Å². The Morgan fingerprint density at radius 1 is 1.25 bits per heavy atom. The summed E-state index contributed by atoms with van der Waals surface area (Å²) in [5.74, 6) is 1.73. The first kappa shape index (κ1) is 15.6. The predicted octanol–water partition coefficient (Wildman–Crippen LogP) is 3.86. The number of aromatic nitrogens is 1. The van der Waals surface area contributed by atoms with Gasteiger partial charge in [0.2, 0.25) is 0 Å². The van der Waals surface area contributed by atoms with Crippen molar-refractivity contribution in [2.24, 2.45) is 5.92 Å². The Bertz CT molecular complexity index is 412. The largest absolute Gasteiger partial charge is 0.357 e. The third kappa shape index (κ3) is 4.64. The summed E-state index contributed by atoms with van der Waals surface area (Å²) in [4.78, 5) is 6.91. The van der Waals surface area contributed by atoms with E-state index in [9.17, 15) is 0 Å².